The van der Waals surface area contributed by atoms with Crippen LogP contribution in [0, 0.1) is 18.8 Å². The minimum Gasteiger partial charge on any atom is -0.395 e. The predicted molar refractivity (Wildman–Crippen MR) is 85.5 cm³/mol. The Morgan fingerprint density at radius 1 is 1.48 bits per heavy atom. The lowest BCUT2D eigenvalue weighted by Crippen LogP contribution is -2.41. The lowest BCUT2D eigenvalue weighted by molar-refractivity contribution is 0.0317. The summed E-state index contributed by atoms with van der Waals surface area (Å²) < 4.78 is 0. The molecule has 0 atom stereocenters. The molecule has 0 spiro atoms. The van der Waals surface area contributed by atoms with Crippen LogP contribution >= 0.6 is 11.3 Å². The van der Waals surface area contributed by atoms with E-state index in [1.807, 2.05) is 19.9 Å². The molecule has 1 heterocycles. The van der Waals surface area contributed by atoms with Crippen molar-refractivity contribution in [1.29, 1.82) is 0 Å². The average molecular weight is 309 g/mol. The summed E-state index contributed by atoms with van der Waals surface area (Å²) in [5.41, 5.74) is 0.0509. The van der Waals surface area contributed by atoms with Gasteiger partial charge in [-0.2, -0.15) is 0 Å². The van der Waals surface area contributed by atoms with Crippen molar-refractivity contribution in [1.82, 2.24) is 4.90 Å². The van der Waals surface area contributed by atoms with Crippen molar-refractivity contribution in [3.63, 3.8) is 0 Å². The van der Waals surface area contributed by atoms with Gasteiger partial charge in [0.1, 0.15) is 0 Å². The molecule has 0 unspecified atom stereocenters. The van der Waals surface area contributed by atoms with Gasteiger partial charge in [-0.25, -0.2) is 0 Å². The zero-order chi connectivity index (χ0) is 16.0. The first-order chi connectivity index (χ1) is 9.78. The predicted octanol–water partition coefficient (Wildman–Crippen LogP) is 2.02. The number of aliphatic hydroxyl groups is 2. The number of carbonyl (C=O) groups is 1. The Bertz CT molecular complexity index is 546. The molecule has 0 aromatic carbocycles. The van der Waals surface area contributed by atoms with E-state index in [1.165, 1.54) is 11.3 Å². The number of aliphatic hydroxyl groups excluding tert-OH is 1. The van der Waals surface area contributed by atoms with Gasteiger partial charge in [-0.3, -0.25) is 4.79 Å². The van der Waals surface area contributed by atoms with Crippen molar-refractivity contribution in [3.8, 4) is 11.8 Å². The normalized spacial score (nSPS) is 11.0. The minimum absolute atomic E-state index is 0.0401. The maximum Gasteiger partial charge on any atom is 0.264 e. The van der Waals surface area contributed by atoms with Crippen LogP contribution in [-0.4, -0.2) is 46.3 Å². The summed E-state index contributed by atoms with van der Waals surface area (Å²) in [4.78, 5) is 15.6. The summed E-state index contributed by atoms with van der Waals surface area (Å²) in [5, 5.41) is 18.6. The van der Waals surface area contributed by atoms with Crippen LogP contribution < -0.4 is 0 Å². The number of hydrogen-bond acceptors (Lipinski definition) is 4. The summed E-state index contributed by atoms with van der Waals surface area (Å²) in [5.74, 6) is 5.77. The van der Waals surface area contributed by atoms with Gasteiger partial charge >= 0.3 is 0 Å². The molecule has 0 aliphatic carbocycles. The van der Waals surface area contributed by atoms with E-state index in [-0.39, 0.29) is 12.5 Å². The molecule has 0 aliphatic heterocycles. The summed E-state index contributed by atoms with van der Waals surface area (Å²) in [7, 11) is 0. The number of thiophene rings is 1. The summed E-state index contributed by atoms with van der Waals surface area (Å²) in [6.07, 6.45) is 0.431. The van der Waals surface area contributed by atoms with E-state index in [4.69, 9.17) is 5.11 Å². The highest BCUT2D eigenvalue weighted by atomic mass is 32.1. The fourth-order valence-corrected chi connectivity index (χ4v) is 2.88. The molecular formula is C16H23NO3S. The van der Waals surface area contributed by atoms with Crippen molar-refractivity contribution in [3.05, 3.63) is 21.4 Å². The van der Waals surface area contributed by atoms with Crippen molar-refractivity contribution >= 4 is 17.2 Å². The first kappa shape index (κ1) is 17.7. The number of amides is 1. The Morgan fingerprint density at radius 3 is 2.67 bits per heavy atom. The molecule has 0 saturated carbocycles. The minimum atomic E-state index is -0.915. The zero-order valence-corrected chi connectivity index (χ0v) is 13.9. The number of carbonyl (C=O) groups excluding carboxylic acids is 1. The number of hydrogen-bond donors (Lipinski definition) is 2. The molecule has 1 aromatic heterocycles. The zero-order valence-electron chi connectivity index (χ0n) is 13.1. The van der Waals surface area contributed by atoms with E-state index < -0.39 is 5.60 Å². The molecule has 21 heavy (non-hydrogen) atoms. The van der Waals surface area contributed by atoms with Gasteiger partial charge in [-0.05, 0) is 39.3 Å². The Kier molecular flexibility index (Phi) is 6.41. The fraction of sp³-hybridized carbons (Fsp3) is 0.562. The second-order valence-electron chi connectivity index (χ2n) is 5.53. The van der Waals surface area contributed by atoms with Crippen molar-refractivity contribution in [2.24, 2.45) is 0 Å². The molecule has 0 fully saturated rings. The van der Waals surface area contributed by atoms with Crippen LogP contribution in [0.1, 0.15) is 47.3 Å². The van der Waals surface area contributed by atoms with Gasteiger partial charge in [0.25, 0.3) is 5.91 Å². The van der Waals surface area contributed by atoms with Crippen molar-refractivity contribution < 1.29 is 15.0 Å². The van der Waals surface area contributed by atoms with Gasteiger partial charge in [0.2, 0.25) is 0 Å². The molecule has 0 saturated heterocycles. The number of likely N-dealkylation sites (N-methyl/N-ethyl adjacent to an activating group) is 1. The first-order valence-electron chi connectivity index (χ1n) is 7.00. The average Bonchev–Trinajstić information content (AvgIpc) is 2.76. The van der Waals surface area contributed by atoms with Gasteiger partial charge < -0.3 is 15.1 Å². The van der Waals surface area contributed by atoms with Crippen LogP contribution in [0.3, 0.4) is 0 Å². The number of rotatable bonds is 5. The molecule has 1 aromatic rings. The number of nitrogens with zero attached hydrogens (tertiary/aromatic N) is 1. The molecule has 1 amide bonds. The monoisotopic (exact) mass is 309 g/mol. The van der Waals surface area contributed by atoms with Crippen LogP contribution in [0.15, 0.2) is 6.07 Å². The molecule has 0 bridgehead atoms. The molecule has 0 aliphatic rings. The van der Waals surface area contributed by atoms with E-state index in [9.17, 15) is 9.90 Å². The lowest BCUT2D eigenvalue weighted by atomic mass is 10.1. The summed E-state index contributed by atoms with van der Waals surface area (Å²) in [6.45, 7) is 8.08. The Morgan fingerprint density at radius 2 is 2.14 bits per heavy atom. The molecular weight excluding hydrogens is 286 g/mol. The third kappa shape index (κ3) is 5.50. The maximum atomic E-state index is 12.5. The topological polar surface area (TPSA) is 60.8 Å². The van der Waals surface area contributed by atoms with Crippen LogP contribution in [0.5, 0.6) is 0 Å². The highest BCUT2D eigenvalue weighted by molar-refractivity contribution is 7.14. The standard InChI is InChI=1S/C16H23NO3S/c1-5-17(11-16(3,4)20)15(19)14-10-12(2)13(21-14)8-6-7-9-18/h10,18,20H,5,7,9,11H2,1-4H3. The van der Waals surface area contributed by atoms with E-state index in [0.29, 0.717) is 24.4 Å². The first-order valence-corrected chi connectivity index (χ1v) is 7.82. The SMILES string of the molecule is CCN(CC(C)(C)O)C(=O)c1cc(C)c(C#CCCO)s1. The van der Waals surface area contributed by atoms with Gasteiger partial charge in [-0.1, -0.05) is 11.8 Å². The molecule has 0 radical (unpaired) electrons. The third-order valence-electron chi connectivity index (χ3n) is 2.81. The van der Waals surface area contributed by atoms with Crippen LogP contribution in [0.25, 0.3) is 0 Å². The maximum absolute atomic E-state index is 12.5. The van der Waals surface area contributed by atoms with Gasteiger partial charge in [0.15, 0.2) is 0 Å². The quantitative estimate of drug-likeness (QED) is 0.818. The van der Waals surface area contributed by atoms with Gasteiger partial charge in [0.05, 0.1) is 22.0 Å². The Labute approximate surface area is 130 Å². The largest absolute Gasteiger partial charge is 0.395 e. The van der Waals surface area contributed by atoms with Crippen LogP contribution in [0.2, 0.25) is 0 Å². The molecule has 1 rings (SSSR count). The molecule has 116 valence electrons. The molecule has 5 heteroatoms. The highest BCUT2D eigenvalue weighted by Gasteiger charge is 2.23. The summed E-state index contributed by atoms with van der Waals surface area (Å²) in [6, 6.07) is 1.84. The Balaban J connectivity index is 2.92. The smallest absolute Gasteiger partial charge is 0.264 e. The van der Waals surface area contributed by atoms with Crippen molar-refractivity contribution in [2.45, 2.75) is 39.7 Å². The molecule has 2 N–H and O–H groups in total. The second-order valence-corrected chi connectivity index (χ2v) is 6.58. The second kappa shape index (κ2) is 7.60. The van der Waals surface area contributed by atoms with E-state index in [0.717, 1.165) is 10.4 Å². The number of aryl methyl sites for hydroxylation is 1. The Hall–Kier alpha value is -1.35. The highest BCUT2D eigenvalue weighted by Crippen LogP contribution is 2.23. The van der Waals surface area contributed by atoms with E-state index in [2.05, 4.69) is 11.8 Å². The van der Waals surface area contributed by atoms with E-state index in [1.54, 1.807) is 18.7 Å². The summed E-state index contributed by atoms with van der Waals surface area (Å²) >= 11 is 1.36. The van der Waals surface area contributed by atoms with Crippen LogP contribution in [0.4, 0.5) is 0 Å². The van der Waals surface area contributed by atoms with Gasteiger partial charge in [-0.15, -0.1) is 11.3 Å². The van der Waals surface area contributed by atoms with E-state index >= 15 is 0 Å². The van der Waals surface area contributed by atoms with Gasteiger partial charge in [0, 0.05) is 19.5 Å². The lowest BCUT2D eigenvalue weighted by Gasteiger charge is -2.27. The third-order valence-corrected chi connectivity index (χ3v) is 3.95. The molecule has 4 nitrogen and oxygen atoms in total. The van der Waals surface area contributed by atoms with Crippen LogP contribution in [-0.2, 0) is 0 Å². The van der Waals surface area contributed by atoms with Crippen molar-refractivity contribution in [2.75, 3.05) is 19.7 Å². The fourth-order valence-electron chi connectivity index (χ4n) is 1.86.